The number of aliphatic hydroxyl groups excluding tert-OH is 1. The summed E-state index contributed by atoms with van der Waals surface area (Å²) in [5.74, 6) is -0.295. The summed E-state index contributed by atoms with van der Waals surface area (Å²) in [6.07, 6.45) is -0.0140. The van der Waals surface area contributed by atoms with E-state index in [1.54, 1.807) is 6.07 Å². The summed E-state index contributed by atoms with van der Waals surface area (Å²) in [7, 11) is 0. The van der Waals surface area contributed by atoms with Gasteiger partial charge in [0.25, 0.3) is 0 Å². The van der Waals surface area contributed by atoms with Crippen molar-refractivity contribution < 1.29 is 23.4 Å². The monoisotopic (exact) mass is 360 g/mol. The number of aromatic nitrogens is 2. The smallest absolute Gasteiger partial charge is 0.387 e. The van der Waals surface area contributed by atoms with E-state index in [4.69, 9.17) is 5.11 Å². The lowest BCUT2D eigenvalue weighted by molar-refractivity contribution is -0.0498. The number of hydrogen-bond acceptors (Lipinski definition) is 4. The Morgan fingerprint density at radius 1 is 1.38 bits per heavy atom. The van der Waals surface area contributed by atoms with Crippen LogP contribution in [0.25, 0.3) is 11.3 Å². The molecule has 0 saturated heterocycles. The van der Waals surface area contributed by atoms with Crippen LogP contribution in [0.2, 0.25) is 0 Å². The average Bonchev–Trinajstić information content (AvgIpc) is 2.87. The zero-order chi connectivity index (χ0) is 15.4. The number of Topliss-reactive ketones (excluding diaryl/α,β-unsaturated/α-hetero) is 1. The molecule has 0 aliphatic heterocycles. The number of carbonyl (C=O) groups excluding carboxylic acids is 1. The van der Waals surface area contributed by atoms with Crippen molar-refractivity contribution in [2.45, 2.75) is 13.0 Å². The minimum atomic E-state index is -2.92. The fourth-order valence-corrected chi connectivity index (χ4v) is 2.20. The number of halogens is 3. The molecule has 0 aliphatic carbocycles. The summed E-state index contributed by atoms with van der Waals surface area (Å²) in [5.41, 5.74) is 1.17. The number of carbonyl (C=O) groups is 1. The molecule has 0 spiro atoms. The molecule has 0 amide bonds. The predicted octanol–water partition coefficient (Wildman–Crippen LogP) is 3.01. The molecule has 2 aromatic rings. The Bertz CT molecular complexity index is 646. The molecular weight excluding hydrogens is 350 g/mol. The van der Waals surface area contributed by atoms with Crippen LogP contribution in [-0.2, 0) is 0 Å². The Labute approximate surface area is 127 Å². The Morgan fingerprint density at radius 3 is 2.81 bits per heavy atom. The summed E-state index contributed by atoms with van der Waals surface area (Å²) in [5, 5.41) is 15.2. The number of nitrogens with one attached hydrogen (secondary N) is 1. The molecule has 0 unspecified atom stereocenters. The zero-order valence-corrected chi connectivity index (χ0v) is 12.2. The van der Waals surface area contributed by atoms with E-state index >= 15 is 0 Å². The van der Waals surface area contributed by atoms with Crippen LogP contribution in [0, 0.1) is 0 Å². The van der Waals surface area contributed by atoms with Gasteiger partial charge in [-0.3, -0.25) is 9.89 Å². The highest BCUT2D eigenvalue weighted by Crippen LogP contribution is 2.29. The van der Waals surface area contributed by atoms with Crippen LogP contribution in [0.3, 0.4) is 0 Å². The molecule has 5 nitrogen and oxygen atoms in total. The number of ether oxygens (including phenoxy) is 1. The van der Waals surface area contributed by atoms with Gasteiger partial charge in [0.2, 0.25) is 0 Å². The van der Waals surface area contributed by atoms with Gasteiger partial charge in [-0.2, -0.15) is 13.9 Å². The molecule has 1 aromatic carbocycles. The molecule has 0 atom stereocenters. The standard InChI is InChI=1S/C13H11BrF2N2O3/c14-8-3-7(4-9(5-8)21-13(15)16)10-6-11(18-17-10)12(20)1-2-19/h3-6,13,19H,1-2H2,(H,17,18). The summed E-state index contributed by atoms with van der Waals surface area (Å²) in [4.78, 5) is 11.6. The lowest BCUT2D eigenvalue weighted by atomic mass is 10.1. The predicted molar refractivity (Wildman–Crippen MR) is 74.4 cm³/mol. The quantitative estimate of drug-likeness (QED) is 0.776. The Balaban J connectivity index is 2.29. The minimum Gasteiger partial charge on any atom is -0.435 e. The first-order valence-corrected chi connectivity index (χ1v) is 6.74. The minimum absolute atomic E-state index is 0.0133. The van der Waals surface area contributed by atoms with Crippen LogP contribution in [-0.4, -0.2) is 34.3 Å². The van der Waals surface area contributed by atoms with Crippen LogP contribution >= 0.6 is 15.9 Å². The summed E-state index contributed by atoms with van der Waals surface area (Å²) in [6, 6.07) is 5.95. The molecule has 112 valence electrons. The van der Waals surface area contributed by atoms with Crippen molar-refractivity contribution in [1.82, 2.24) is 10.2 Å². The van der Waals surface area contributed by atoms with Crippen LogP contribution < -0.4 is 4.74 Å². The third-order valence-corrected chi connectivity index (χ3v) is 3.07. The molecule has 1 aromatic heterocycles. The van der Waals surface area contributed by atoms with Gasteiger partial charge in [-0.05, 0) is 24.3 Å². The second-order valence-corrected chi connectivity index (χ2v) is 5.03. The highest BCUT2D eigenvalue weighted by atomic mass is 79.9. The van der Waals surface area contributed by atoms with E-state index in [2.05, 4.69) is 30.9 Å². The Morgan fingerprint density at radius 2 is 2.14 bits per heavy atom. The van der Waals surface area contributed by atoms with E-state index in [0.717, 1.165) is 0 Å². The van der Waals surface area contributed by atoms with Crippen LogP contribution in [0.1, 0.15) is 16.9 Å². The average molecular weight is 361 g/mol. The molecule has 2 rings (SSSR count). The largest absolute Gasteiger partial charge is 0.435 e. The van der Waals surface area contributed by atoms with Gasteiger partial charge in [0.15, 0.2) is 5.78 Å². The zero-order valence-electron chi connectivity index (χ0n) is 10.6. The highest BCUT2D eigenvalue weighted by Gasteiger charge is 2.13. The van der Waals surface area contributed by atoms with Crippen molar-refractivity contribution in [3.63, 3.8) is 0 Å². The third-order valence-electron chi connectivity index (χ3n) is 2.61. The SMILES string of the molecule is O=C(CCO)c1cc(-c2cc(Br)cc(OC(F)F)c2)n[nH]1. The van der Waals surface area contributed by atoms with Crippen molar-refractivity contribution in [1.29, 1.82) is 0 Å². The first-order valence-electron chi connectivity index (χ1n) is 5.95. The fraction of sp³-hybridized carbons (Fsp3) is 0.231. The van der Waals surface area contributed by atoms with Gasteiger partial charge in [0.05, 0.1) is 12.3 Å². The molecule has 1 heterocycles. The van der Waals surface area contributed by atoms with E-state index < -0.39 is 6.61 Å². The molecule has 0 bridgehead atoms. The first-order chi connectivity index (χ1) is 9.99. The number of alkyl halides is 2. The molecule has 0 fully saturated rings. The number of hydrogen-bond donors (Lipinski definition) is 2. The number of aliphatic hydroxyl groups is 1. The number of nitrogens with zero attached hydrogens (tertiary/aromatic N) is 1. The maximum atomic E-state index is 12.3. The first kappa shape index (κ1) is 15.6. The van der Waals surface area contributed by atoms with Crippen LogP contribution in [0.5, 0.6) is 5.75 Å². The fourth-order valence-electron chi connectivity index (χ4n) is 1.73. The van der Waals surface area contributed by atoms with Crippen molar-refractivity contribution in [2.75, 3.05) is 6.61 Å². The maximum absolute atomic E-state index is 12.3. The van der Waals surface area contributed by atoms with E-state index in [0.29, 0.717) is 15.7 Å². The molecule has 0 saturated carbocycles. The van der Waals surface area contributed by atoms with Gasteiger partial charge < -0.3 is 9.84 Å². The number of rotatable bonds is 6. The van der Waals surface area contributed by atoms with Gasteiger partial charge >= 0.3 is 6.61 Å². The van der Waals surface area contributed by atoms with E-state index in [9.17, 15) is 13.6 Å². The molecule has 21 heavy (non-hydrogen) atoms. The summed E-state index contributed by atoms with van der Waals surface area (Å²) in [6.45, 7) is -3.18. The highest BCUT2D eigenvalue weighted by molar-refractivity contribution is 9.10. The Hall–Kier alpha value is -1.80. The number of benzene rings is 1. The second kappa shape index (κ2) is 6.77. The summed E-state index contributed by atoms with van der Waals surface area (Å²) >= 11 is 3.20. The normalized spacial score (nSPS) is 10.9. The molecule has 0 radical (unpaired) electrons. The van der Waals surface area contributed by atoms with E-state index in [1.165, 1.54) is 18.2 Å². The van der Waals surface area contributed by atoms with Crippen LogP contribution in [0.15, 0.2) is 28.7 Å². The molecular formula is C13H11BrF2N2O3. The second-order valence-electron chi connectivity index (χ2n) is 4.12. The molecule has 2 N–H and O–H groups in total. The van der Waals surface area contributed by atoms with Crippen molar-refractivity contribution in [2.24, 2.45) is 0 Å². The van der Waals surface area contributed by atoms with Gasteiger partial charge in [-0.25, -0.2) is 0 Å². The lowest BCUT2D eigenvalue weighted by Gasteiger charge is -2.06. The summed E-state index contributed by atoms with van der Waals surface area (Å²) < 4.78 is 29.4. The Kier molecular flexibility index (Phi) is 5.03. The van der Waals surface area contributed by atoms with Crippen molar-refractivity contribution in [3.8, 4) is 17.0 Å². The maximum Gasteiger partial charge on any atom is 0.387 e. The molecule has 0 aliphatic rings. The van der Waals surface area contributed by atoms with Crippen LogP contribution in [0.4, 0.5) is 8.78 Å². The van der Waals surface area contributed by atoms with Crippen molar-refractivity contribution in [3.05, 3.63) is 34.4 Å². The van der Waals surface area contributed by atoms with Gasteiger partial charge in [-0.1, -0.05) is 15.9 Å². The van der Waals surface area contributed by atoms with E-state index in [1.807, 2.05) is 0 Å². The van der Waals surface area contributed by atoms with Gasteiger partial charge in [0.1, 0.15) is 11.4 Å². The van der Waals surface area contributed by atoms with Gasteiger partial charge in [0, 0.05) is 16.5 Å². The lowest BCUT2D eigenvalue weighted by Crippen LogP contribution is -2.02. The van der Waals surface area contributed by atoms with Crippen molar-refractivity contribution >= 4 is 21.7 Å². The molecule has 8 heteroatoms. The van der Waals surface area contributed by atoms with E-state index in [-0.39, 0.29) is 30.3 Å². The number of ketones is 1. The third kappa shape index (κ3) is 4.08. The topological polar surface area (TPSA) is 75.2 Å². The van der Waals surface area contributed by atoms with Gasteiger partial charge in [-0.15, -0.1) is 0 Å². The number of H-pyrrole nitrogens is 1. The number of aromatic amines is 1.